The van der Waals surface area contributed by atoms with Crippen LogP contribution in [0.3, 0.4) is 0 Å². The average molecular weight is 345 g/mol. The molecule has 19 heavy (non-hydrogen) atoms. The molecule has 1 aliphatic rings. The van der Waals surface area contributed by atoms with Gasteiger partial charge in [0.25, 0.3) is 5.91 Å². The molecule has 1 aromatic heterocycles. The van der Waals surface area contributed by atoms with Gasteiger partial charge in [0.05, 0.1) is 9.35 Å². The molecule has 0 radical (unpaired) electrons. The van der Waals surface area contributed by atoms with E-state index in [1.807, 2.05) is 16.3 Å². The highest BCUT2D eigenvalue weighted by Crippen LogP contribution is 2.22. The normalized spacial score (nSPS) is 19.1. The van der Waals surface area contributed by atoms with Crippen molar-refractivity contribution in [2.45, 2.75) is 32.7 Å². The van der Waals surface area contributed by atoms with E-state index >= 15 is 0 Å². The predicted molar refractivity (Wildman–Crippen MR) is 83.8 cm³/mol. The summed E-state index contributed by atoms with van der Waals surface area (Å²) in [6.45, 7) is 7.05. The van der Waals surface area contributed by atoms with Gasteiger partial charge in [-0.05, 0) is 47.3 Å². The van der Waals surface area contributed by atoms with Crippen molar-refractivity contribution in [2.24, 2.45) is 5.92 Å². The molecule has 106 valence electrons. The lowest BCUT2D eigenvalue weighted by Crippen LogP contribution is -2.42. The Bertz CT molecular complexity index is 427. The van der Waals surface area contributed by atoms with Crippen molar-refractivity contribution in [3.8, 4) is 0 Å². The van der Waals surface area contributed by atoms with Gasteiger partial charge in [0.15, 0.2) is 0 Å². The Hall–Kier alpha value is -0.390. The van der Waals surface area contributed by atoms with Crippen LogP contribution >= 0.6 is 27.3 Å². The molecule has 1 unspecified atom stereocenters. The largest absolute Gasteiger partial charge is 0.337 e. The zero-order chi connectivity index (χ0) is 13.8. The van der Waals surface area contributed by atoms with Crippen LogP contribution in [-0.2, 0) is 0 Å². The molecule has 1 N–H and O–H groups in total. The van der Waals surface area contributed by atoms with Crippen LogP contribution < -0.4 is 5.32 Å². The van der Waals surface area contributed by atoms with Gasteiger partial charge in [0, 0.05) is 24.5 Å². The predicted octanol–water partition coefficient (Wildman–Crippen LogP) is 3.36. The van der Waals surface area contributed by atoms with E-state index in [1.54, 1.807) is 11.3 Å². The average Bonchev–Trinajstić information content (AvgIpc) is 2.98. The Morgan fingerprint density at radius 1 is 1.63 bits per heavy atom. The van der Waals surface area contributed by atoms with Crippen molar-refractivity contribution in [3.63, 3.8) is 0 Å². The molecule has 1 fully saturated rings. The molecule has 0 saturated carbocycles. The first-order chi connectivity index (χ1) is 9.06. The van der Waals surface area contributed by atoms with E-state index in [0.29, 0.717) is 12.0 Å². The molecule has 1 aliphatic heterocycles. The number of hydrogen-bond acceptors (Lipinski definition) is 3. The molecule has 1 aromatic rings. The third-order valence-electron chi connectivity index (χ3n) is 3.29. The fraction of sp³-hybridized carbons (Fsp3) is 0.643. The Labute approximate surface area is 127 Å². The minimum Gasteiger partial charge on any atom is -0.337 e. The lowest BCUT2D eigenvalue weighted by Gasteiger charge is -2.27. The second kappa shape index (κ2) is 6.86. The van der Waals surface area contributed by atoms with Crippen LogP contribution in [0.2, 0.25) is 0 Å². The van der Waals surface area contributed by atoms with Crippen LogP contribution in [0, 0.1) is 5.92 Å². The fourth-order valence-electron chi connectivity index (χ4n) is 2.46. The van der Waals surface area contributed by atoms with E-state index in [0.717, 1.165) is 29.0 Å². The van der Waals surface area contributed by atoms with Gasteiger partial charge in [-0.15, -0.1) is 11.3 Å². The Morgan fingerprint density at radius 2 is 2.42 bits per heavy atom. The van der Waals surface area contributed by atoms with Crippen molar-refractivity contribution in [1.29, 1.82) is 0 Å². The first-order valence-electron chi connectivity index (χ1n) is 6.83. The number of carbonyl (C=O) groups is 1. The molecule has 1 saturated heterocycles. The van der Waals surface area contributed by atoms with E-state index < -0.39 is 0 Å². The van der Waals surface area contributed by atoms with Crippen LogP contribution in [0.5, 0.6) is 0 Å². The van der Waals surface area contributed by atoms with Crippen LogP contribution in [-0.4, -0.2) is 36.5 Å². The van der Waals surface area contributed by atoms with Crippen molar-refractivity contribution >= 4 is 33.2 Å². The van der Waals surface area contributed by atoms with Crippen molar-refractivity contribution in [1.82, 2.24) is 10.2 Å². The lowest BCUT2D eigenvalue weighted by atomic mass is 10.1. The highest BCUT2D eigenvalue weighted by Gasteiger charge is 2.23. The number of thiophene rings is 1. The number of carbonyl (C=O) groups excluding carboxylic acids is 1. The summed E-state index contributed by atoms with van der Waals surface area (Å²) in [5.74, 6) is 0.650. The van der Waals surface area contributed by atoms with Crippen LogP contribution in [0.15, 0.2) is 15.2 Å². The van der Waals surface area contributed by atoms with Crippen LogP contribution in [0.25, 0.3) is 0 Å². The minimum atomic E-state index is 0.157. The third-order valence-corrected chi connectivity index (χ3v) is 4.79. The number of nitrogens with zero attached hydrogens (tertiary/aromatic N) is 1. The first-order valence-corrected chi connectivity index (χ1v) is 8.50. The molecule has 0 aliphatic carbocycles. The van der Waals surface area contributed by atoms with E-state index in [2.05, 4.69) is 35.1 Å². The van der Waals surface area contributed by atoms with E-state index in [9.17, 15) is 4.79 Å². The van der Waals surface area contributed by atoms with Gasteiger partial charge in [-0.3, -0.25) is 4.79 Å². The van der Waals surface area contributed by atoms with Crippen LogP contribution in [0.1, 0.15) is 37.0 Å². The molecule has 0 bridgehead atoms. The van der Waals surface area contributed by atoms with Gasteiger partial charge in [-0.1, -0.05) is 13.8 Å². The van der Waals surface area contributed by atoms with Gasteiger partial charge in [-0.2, -0.15) is 0 Å². The van der Waals surface area contributed by atoms with E-state index in [1.165, 1.54) is 12.8 Å². The second-order valence-electron chi connectivity index (χ2n) is 5.54. The quantitative estimate of drug-likeness (QED) is 0.888. The summed E-state index contributed by atoms with van der Waals surface area (Å²) in [5, 5.41) is 5.40. The molecule has 1 atom stereocenters. The van der Waals surface area contributed by atoms with Gasteiger partial charge >= 0.3 is 0 Å². The van der Waals surface area contributed by atoms with Gasteiger partial charge in [0.2, 0.25) is 0 Å². The minimum absolute atomic E-state index is 0.157. The Balaban J connectivity index is 2.05. The second-order valence-corrected chi connectivity index (χ2v) is 7.83. The molecule has 1 amide bonds. The highest BCUT2D eigenvalue weighted by molar-refractivity contribution is 9.11. The first kappa shape index (κ1) is 15.0. The summed E-state index contributed by atoms with van der Waals surface area (Å²) in [5.41, 5.74) is 0.801. The summed E-state index contributed by atoms with van der Waals surface area (Å²) in [6.07, 6.45) is 2.40. The monoisotopic (exact) mass is 344 g/mol. The lowest BCUT2D eigenvalue weighted by molar-refractivity contribution is 0.0722. The standard InChI is InChI=1S/C14H21BrN2OS/c1-10(2)7-17(8-12-4-3-5-16-12)14(18)11-6-13(15)19-9-11/h6,9-10,12,16H,3-5,7-8H2,1-2H3. The Kier molecular flexibility index (Phi) is 5.42. The summed E-state index contributed by atoms with van der Waals surface area (Å²) in [4.78, 5) is 14.6. The van der Waals surface area contributed by atoms with E-state index in [-0.39, 0.29) is 5.91 Å². The maximum absolute atomic E-state index is 12.6. The number of nitrogens with one attached hydrogen (secondary N) is 1. The highest BCUT2D eigenvalue weighted by atomic mass is 79.9. The molecule has 3 nitrogen and oxygen atoms in total. The number of halogens is 1. The zero-order valence-electron chi connectivity index (χ0n) is 11.5. The smallest absolute Gasteiger partial charge is 0.254 e. The summed E-state index contributed by atoms with van der Waals surface area (Å²) in [7, 11) is 0. The maximum atomic E-state index is 12.6. The molecule has 0 spiro atoms. The number of hydrogen-bond donors (Lipinski definition) is 1. The SMILES string of the molecule is CC(C)CN(CC1CCCN1)C(=O)c1csc(Br)c1. The molecule has 2 heterocycles. The van der Waals surface area contributed by atoms with Crippen molar-refractivity contribution in [2.75, 3.05) is 19.6 Å². The Morgan fingerprint density at radius 3 is 2.95 bits per heavy atom. The van der Waals surface area contributed by atoms with Crippen LogP contribution in [0.4, 0.5) is 0 Å². The van der Waals surface area contributed by atoms with Gasteiger partial charge in [0.1, 0.15) is 0 Å². The third kappa shape index (κ3) is 4.29. The van der Waals surface area contributed by atoms with Gasteiger partial charge < -0.3 is 10.2 Å². The summed E-state index contributed by atoms with van der Waals surface area (Å²) in [6, 6.07) is 2.38. The maximum Gasteiger partial charge on any atom is 0.254 e. The van der Waals surface area contributed by atoms with Crippen molar-refractivity contribution < 1.29 is 4.79 Å². The van der Waals surface area contributed by atoms with E-state index in [4.69, 9.17) is 0 Å². The molecule has 0 aromatic carbocycles. The van der Waals surface area contributed by atoms with Crippen molar-refractivity contribution in [3.05, 3.63) is 20.8 Å². The summed E-state index contributed by atoms with van der Waals surface area (Å²) < 4.78 is 1.01. The topological polar surface area (TPSA) is 32.3 Å². The van der Waals surface area contributed by atoms with Gasteiger partial charge in [-0.25, -0.2) is 0 Å². The molecule has 2 rings (SSSR count). The molecule has 5 heteroatoms. The number of rotatable bonds is 5. The number of amides is 1. The summed E-state index contributed by atoms with van der Waals surface area (Å²) >= 11 is 4.99. The zero-order valence-corrected chi connectivity index (χ0v) is 13.9. The fourth-order valence-corrected chi connectivity index (χ4v) is 3.59. The molecular weight excluding hydrogens is 324 g/mol. The molecular formula is C14H21BrN2OS.